The minimum absolute atomic E-state index is 0. The first-order valence-electron chi connectivity index (χ1n) is 3.82. The molecular formula is C10H11Cl2NO. The van der Waals surface area contributed by atoms with Crippen LogP contribution < -0.4 is 10.5 Å². The topological polar surface area (TPSA) is 35.2 Å². The first kappa shape index (κ1) is 13.1. The number of terminal acetylenes is 1. The highest BCUT2D eigenvalue weighted by atomic mass is 35.5. The first-order chi connectivity index (χ1) is 6.27. The quantitative estimate of drug-likeness (QED) is 0.811. The number of rotatable bonds is 3. The molecule has 0 amide bonds. The van der Waals surface area contributed by atoms with Crippen molar-refractivity contribution in [3.63, 3.8) is 0 Å². The third-order valence-corrected chi connectivity index (χ3v) is 1.79. The predicted molar refractivity (Wildman–Crippen MR) is 60.9 cm³/mol. The van der Waals surface area contributed by atoms with E-state index < -0.39 is 0 Å². The zero-order chi connectivity index (χ0) is 9.68. The van der Waals surface area contributed by atoms with Crippen LogP contribution in [0.4, 0.5) is 0 Å². The average molecular weight is 232 g/mol. The highest BCUT2D eigenvalue weighted by Gasteiger charge is 2.01. The maximum absolute atomic E-state index is 5.78. The van der Waals surface area contributed by atoms with Crippen molar-refractivity contribution in [3.8, 4) is 18.1 Å². The molecule has 14 heavy (non-hydrogen) atoms. The monoisotopic (exact) mass is 231 g/mol. The van der Waals surface area contributed by atoms with Crippen molar-refractivity contribution < 1.29 is 4.74 Å². The second-order valence-electron chi connectivity index (χ2n) is 2.45. The second kappa shape index (κ2) is 6.56. The van der Waals surface area contributed by atoms with E-state index in [1.807, 2.05) is 0 Å². The van der Waals surface area contributed by atoms with Crippen LogP contribution in [0.3, 0.4) is 0 Å². The van der Waals surface area contributed by atoms with Crippen LogP contribution in [0.1, 0.15) is 5.56 Å². The van der Waals surface area contributed by atoms with Crippen LogP contribution >= 0.6 is 24.0 Å². The largest absolute Gasteiger partial charge is 0.481 e. The Morgan fingerprint density at radius 3 is 2.79 bits per heavy atom. The molecule has 0 saturated carbocycles. The summed E-state index contributed by atoms with van der Waals surface area (Å²) < 4.78 is 5.26. The SMILES string of the molecule is C#CCOc1ccc(Cl)cc1CN.Cl. The molecule has 1 aromatic carbocycles. The molecule has 0 aromatic heterocycles. The summed E-state index contributed by atoms with van der Waals surface area (Å²) in [5, 5.41) is 0.647. The van der Waals surface area contributed by atoms with Gasteiger partial charge in [-0.25, -0.2) is 0 Å². The molecule has 0 aliphatic heterocycles. The van der Waals surface area contributed by atoms with E-state index in [0.717, 1.165) is 5.56 Å². The first-order valence-corrected chi connectivity index (χ1v) is 4.20. The fraction of sp³-hybridized carbons (Fsp3) is 0.200. The molecule has 2 N–H and O–H groups in total. The van der Waals surface area contributed by atoms with Gasteiger partial charge < -0.3 is 10.5 Å². The standard InChI is InChI=1S/C10H10ClNO.ClH/c1-2-5-13-10-4-3-9(11)6-8(10)7-12;/h1,3-4,6H,5,7,12H2;1H. The van der Waals surface area contributed by atoms with Gasteiger partial charge in [0.15, 0.2) is 0 Å². The molecule has 76 valence electrons. The van der Waals surface area contributed by atoms with Gasteiger partial charge in [-0.3, -0.25) is 0 Å². The predicted octanol–water partition coefficient (Wildman–Crippen LogP) is 2.23. The molecular weight excluding hydrogens is 221 g/mol. The molecule has 1 aromatic rings. The van der Waals surface area contributed by atoms with Crippen molar-refractivity contribution in [2.75, 3.05) is 6.61 Å². The van der Waals surface area contributed by atoms with E-state index in [0.29, 0.717) is 17.3 Å². The lowest BCUT2D eigenvalue weighted by Gasteiger charge is -2.07. The smallest absolute Gasteiger partial charge is 0.148 e. The van der Waals surface area contributed by atoms with Crippen molar-refractivity contribution in [1.29, 1.82) is 0 Å². The molecule has 0 atom stereocenters. The van der Waals surface area contributed by atoms with Crippen LogP contribution in [0.25, 0.3) is 0 Å². The fourth-order valence-electron chi connectivity index (χ4n) is 0.968. The normalized spacial score (nSPS) is 8.64. The minimum Gasteiger partial charge on any atom is -0.481 e. The van der Waals surface area contributed by atoms with Gasteiger partial charge in [0.05, 0.1) is 0 Å². The van der Waals surface area contributed by atoms with Crippen LogP contribution in [0.2, 0.25) is 5.02 Å². The number of halogens is 2. The van der Waals surface area contributed by atoms with Crippen LogP contribution in [0.5, 0.6) is 5.75 Å². The lowest BCUT2D eigenvalue weighted by atomic mass is 10.2. The molecule has 0 aliphatic carbocycles. The lowest BCUT2D eigenvalue weighted by Crippen LogP contribution is -2.02. The van der Waals surface area contributed by atoms with Gasteiger partial charge >= 0.3 is 0 Å². The summed E-state index contributed by atoms with van der Waals surface area (Å²) in [5.41, 5.74) is 6.36. The summed E-state index contributed by atoms with van der Waals surface area (Å²) in [4.78, 5) is 0. The molecule has 0 unspecified atom stereocenters. The molecule has 0 spiro atoms. The Hall–Kier alpha value is -0.880. The maximum Gasteiger partial charge on any atom is 0.148 e. The lowest BCUT2D eigenvalue weighted by molar-refractivity contribution is 0.366. The molecule has 4 heteroatoms. The van der Waals surface area contributed by atoms with E-state index in [-0.39, 0.29) is 19.0 Å². The van der Waals surface area contributed by atoms with Gasteiger partial charge in [-0.15, -0.1) is 18.8 Å². The number of hydrogen-bond acceptors (Lipinski definition) is 2. The van der Waals surface area contributed by atoms with E-state index in [1.165, 1.54) is 0 Å². The highest BCUT2D eigenvalue weighted by Crippen LogP contribution is 2.22. The van der Waals surface area contributed by atoms with E-state index in [9.17, 15) is 0 Å². The second-order valence-corrected chi connectivity index (χ2v) is 2.89. The molecule has 0 aliphatic rings. The van der Waals surface area contributed by atoms with E-state index in [2.05, 4.69) is 5.92 Å². The number of ether oxygens (including phenoxy) is 1. The van der Waals surface area contributed by atoms with E-state index in [4.69, 9.17) is 28.5 Å². The van der Waals surface area contributed by atoms with Gasteiger partial charge in [0.2, 0.25) is 0 Å². The molecule has 0 heterocycles. The Labute approximate surface area is 94.8 Å². The minimum atomic E-state index is 0. The summed E-state index contributed by atoms with van der Waals surface area (Å²) in [6.45, 7) is 0.634. The average Bonchev–Trinajstić information content (AvgIpc) is 2.16. The van der Waals surface area contributed by atoms with Gasteiger partial charge in [-0.05, 0) is 18.2 Å². The number of hydrogen-bond donors (Lipinski definition) is 1. The number of nitrogens with two attached hydrogens (primary N) is 1. The zero-order valence-electron chi connectivity index (χ0n) is 7.50. The van der Waals surface area contributed by atoms with Crippen molar-refractivity contribution >= 4 is 24.0 Å². The zero-order valence-corrected chi connectivity index (χ0v) is 9.07. The van der Waals surface area contributed by atoms with Crippen LogP contribution in [-0.2, 0) is 6.54 Å². The Morgan fingerprint density at radius 1 is 1.50 bits per heavy atom. The van der Waals surface area contributed by atoms with Gasteiger partial charge in [0, 0.05) is 17.1 Å². The van der Waals surface area contributed by atoms with Gasteiger partial charge in [0.25, 0.3) is 0 Å². The summed E-state index contributed by atoms with van der Waals surface area (Å²) in [6, 6.07) is 5.28. The third-order valence-electron chi connectivity index (χ3n) is 1.55. The Balaban J connectivity index is 0.00000169. The molecule has 0 fully saturated rings. The van der Waals surface area contributed by atoms with Crippen molar-refractivity contribution in [3.05, 3.63) is 28.8 Å². The van der Waals surface area contributed by atoms with Crippen molar-refractivity contribution in [1.82, 2.24) is 0 Å². The van der Waals surface area contributed by atoms with Gasteiger partial charge in [-0.1, -0.05) is 17.5 Å². The molecule has 1 rings (SSSR count). The van der Waals surface area contributed by atoms with Gasteiger partial charge in [-0.2, -0.15) is 0 Å². The van der Waals surface area contributed by atoms with Crippen molar-refractivity contribution in [2.24, 2.45) is 5.73 Å². The fourth-order valence-corrected chi connectivity index (χ4v) is 1.16. The molecule has 0 radical (unpaired) electrons. The third kappa shape index (κ3) is 3.47. The highest BCUT2D eigenvalue weighted by molar-refractivity contribution is 6.30. The van der Waals surface area contributed by atoms with Crippen LogP contribution in [-0.4, -0.2) is 6.61 Å². The summed E-state index contributed by atoms with van der Waals surface area (Å²) in [5.74, 6) is 3.09. The van der Waals surface area contributed by atoms with Crippen LogP contribution in [0.15, 0.2) is 18.2 Å². The van der Waals surface area contributed by atoms with E-state index >= 15 is 0 Å². The number of benzene rings is 1. The molecule has 2 nitrogen and oxygen atoms in total. The summed E-state index contributed by atoms with van der Waals surface area (Å²) in [7, 11) is 0. The van der Waals surface area contributed by atoms with Crippen LogP contribution in [0, 0.1) is 12.3 Å². The Morgan fingerprint density at radius 2 is 2.21 bits per heavy atom. The molecule has 0 bridgehead atoms. The van der Waals surface area contributed by atoms with E-state index in [1.54, 1.807) is 18.2 Å². The van der Waals surface area contributed by atoms with Crippen molar-refractivity contribution in [2.45, 2.75) is 6.54 Å². The molecule has 0 saturated heterocycles. The Bertz CT molecular complexity index is 333. The van der Waals surface area contributed by atoms with Gasteiger partial charge in [0.1, 0.15) is 12.4 Å². The Kier molecular flexibility index (Phi) is 6.14. The maximum atomic E-state index is 5.78. The summed E-state index contributed by atoms with van der Waals surface area (Å²) >= 11 is 5.78. The summed E-state index contributed by atoms with van der Waals surface area (Å²) in [6.07, 6.45) is 5.07.